The van der Waals surface area contributed by atoms with E-state index in [1.165, 1.54) is 6.07 Å². The summed E-state index contributed by atoms with van der Waals surface area (Å²) < 4.78 is 0. The van der Waals surface area contributed by atoms with E-state index in [2.05, 4.69) is 25.0 Å². The van der Waals surface area contributed by atoms with Gasteiger partial charge in [-0.2, -0.15) is 5.69 Å². The molecule has 1 aromatic heterocycles. The van der Waals surface area contributed by atoms with E-state index in [-0.39, 0.29) is 27.9 Å². The molecule has 0 saturated heterocycles. The van der Waals surface area contributed by atoms with Crippen LogP contribution in [0, 0.1) is 6.92 Å². The molecule has 0 bridgehead atoms. The molecule has 0 atom stereocenters. The molecule has 4 heteroatoms. The van der Waals surface area contributed by atoms with E-state index < -0.39 is 0 Å². The quantitative estimate of drug-likeness (QED) is 0.506. The fourth-order valence-corrected chi connectivity index (χ4v) is 0.518. The Morgan fingerprint density at radius 1 is 1.23 bits per heavy atom. The smallest absolute Gasteiger partial charge is 0.627 e. The molecule has 0 aromatic carbocycles. The third-order valence-electron chi connectivity index (χ3n) is 0.863. The summed E-state index contributed by atoms with van der Waals surface area (Å²) in [6.45, 7) is 8.49. The van der Waals surface area contributed by atoms with Gasteiger partial charge in [-0.25, -0.2) is 0 Å². The minimum atomic E-state index is -0.162. The van der Waals surface area contributed by atoms with Crippen LogP contribution in [-0.4, -0.2) is 20.0 Å². The van der Waals surface area contributed by atoms with Crippen LogP contribution in [-0.2, 0) is 22.4 Å². The van der Waals surface area contributed by atoms with Crippen molar-refractivity contribution in [2.75, 3.05) is 20.0 Å². The maximum atomic E-state index is 10.4. The van der Waals surface area contributed by atoms with Crippen molar-refractivity contribution in [3.63, 3.8) is 0 Å². The van der Waals surface area contributed by atoms with Crippen molar-refractivity contribution in [3.05, 3.63) is 34.2 Å². The Balaban J connectivity index is 0. The first-order valence-corrected chi connectivity index (χ1v) is 6.42. The van der Waals surface area contributed by atoms with Gasteiger partial charge in [0.25, 0.3) is 0 Å². The van der Waals surface area contributed by atoms with Gasteiger partial charge in [0.1, 0.15) is 0 Å². The van der Waals surface area contributed by atoms with Gasteiger partial charge in [-0.3, -0.25) is 0 Å². The van der Waals surface area contributed by atoms with Crippen LogP contribution in [0.3, 0.4) is 0 Å². The molecule has 0 spiro atoms. The maximum Gasteiger partial charge on any atom is 1.00 e. The molecule has 0 radical (unpaired) electrons. The van der Waals surface area contributed by atoms with Gasteiger partial charge in [0.2, 0.25) is 0 Å². The Bertz CT molecular complexity index is 270. The molecule has 0 aliphatic rings. The number of rotatable bonds is 0. The van der Waals surface area contributed by atoms with Crippen LogP contribution in [0.4, 0.5) is 0 Å². The molecule has 0 aliphatic carbocycles. The fraction of sp³-hybridized carbons (Fsp3) is 0.444. The van der Waals surface area contributed by atoms with Gasteiger partial charge in [0, 0.05) is 0 Å². The Morgan fingerprint density at radius 2 is 1.69 bits per heavy atom. The van der Waals surface area contributed by atoms with Crippen LogP contribution in [0.2, 0.25) is 0 Å². The summed E-state index contributed by atoms with van der Waals surface area (Å²) in [6.07, 6.45) is 0. The standard InChI is InChI=1S/C6H7NO.C3H9P.Au/c1-5-3-2-4-6(8)7-5;1-4(2)3;/h2-4H,1H3,(H,7,8);1-3H3;/q;;+1/p-1. The number of hydrogen-bond acceptors (Lipinski definition) is 1. The van der Waals surface area contributed by atoms with Gasteiger partial charge in [-0.15, -0.1) is 7.92 Å². The second-order valence-corrected chi connectivity index (χ2v) is 5.64. The van der Waals surface area contributed by atoms with Gasteiger partial charge in [0.15, 0.2) is 0 Å². The molecular weight excluding hydrogens is 366 g/mol. The zero-order valence-electron chi connectivity index (χ0n) is 8.34. The molecule has 0 N–H and O–H groups in total. The summed E-state index contributed by atoms with van der Waals surface area (Å²) >= 11 is 0. The summed E-state index contributed by atoms with van der Waals surface area (Å²) in [6, 6.07) is 4.93. The topological polar surface area (TPSA) is 31.2 Å². The van der Waals surface area contributed by atoms with Gasteiger partial charge < -0.3 is 9.78 Å². The summed E-state index contributed by atoms with van der Waals surface area (Å²) in [5, 5.41) is 0. The Kier molecular flexibility index (Phi) is 10.4. The largest absolute Gasteiger partial charge is 1.00 e. The molecule has 0 saturated carbocycles. The van der Waals surface area contributed by atoms with Crippen molar-refractivity contribution >= 4 is 7.92 Å². The SMILES string of the molecule is CP(C)C.Cc1cccc(=O)[n-]1.[Au+]. The number of pyridine rings is 1. The average molecular weight is 381 g/mol. The Labute approximate surface area is 96.4 Å². The van der Waals surface area contributed by atoms with Crippen molar-refractivity contribution in [1.29, 1.82) is 0 Å². The molecule has 1 aromatic rings. The van der Waals surface area contributed by atoms with Crippen molar-refractivity contribution in [2.24, 2.45) is 0 Å². The average Bonchev–Trinajstić information content (AvgIpc) is 1.84. The van der Waals surface area contributed by atoms with E-state index in [0.29, 0.717) is 7.92 Å². The molecule has 0 amide bonds. The predicted molar refractivity (Wildman–Crippen MR) is 55.5 cm³/mol. The maximum absolute atomic E-state index is 10.4. The van der Waals surface area contributed by atoms with E-state index >= 15 is 0 Å². The number of aromatic nitrogens is 1. The minimum absolute atomic E-state index is 0. The minimum Gasteiger partial charge on any atom is -0.627 e. The first kappa shape index (κ1) is 15.6. The molecule has 78 valence electrons. The third kappa shape index (κ3) is 12.1. The molecule has 13 heavy (non-hydrogen) atoms. The van der Waals surface area contributed by atoms with Gasteiger partial charge >= 0.3 is 22.4 Å². The normalized spacial score (nSPS) is 8.38. The van der Waals surface area contributed by atoms with E-state index in [1.807, 2.05) is 0 Å². The molecule has 0 fully saturated rings. The number of hydrogen-bond donors (Lipinski definition) is 0. The van der Waals surface area contributed by atoms with Crippen molar-refractivity contribution in [3.8, 4) is 0 Å². The zero-order valence-corrected chi connectivity index (χ0v) is 11.4. The second-order valence-electron chi connectivity index (χ2n) is 2.96. The molecule has 1 heterocycles. The monoisotopic (exact) mass is 381 g/mol. The molecular formula is C9H15AuNOP. The first-order valence-electron chi connectivity index (χ1n) is 3.74. The Morgan fingerprint density at radius 3 is 1.92 bits per heavy atom. The van der Waals surface area contributed by atoms with E-state index in [1.54, 1.807) is 19.1 Å². The molecule has 0 aliphatic heterocycles. The van der Waals surface area contributed by atoms with Crippen LogP contribution in [0.5, 0.6) is 0 Å². The molecule has 1 rings (SSSR count). The summed E-state index contributed by atoms with van der Waals surface area (Å²) in [5.41, 5.74) is 0.613. The third-order valence-corrected chi connectivity index (χ3v) is 0.863. The molecule has 0 unspecified atom stereocenters. The number of nitrogens with zero attached hydrogens (tertiary/aromatic N) is 1. The van der Waals surface area contributed by atoms with Crippen molar-refractivity contribution in [1.82, 2.24) is 4.98 Å². The van der Waals surface area contributed by atoms with Crippen molar-refractivity contribution < 1.29 is 22.4 Å². The first-order chi connectivity index (χ1) is 5.52. The van der Waals surface area contributed by atoms with Crippen LogP contribution < -0.4 is 10.5 Å². The van der Waals surface area contributed by atoms with Crippen LogP contribution >= 0.6 is 7.92 Å². The summed E-state index contributed by atoms with van der Waals surface area (Å²) in [4.78, 5) is 14.0. The van der Waals surface area contributed by atoms with E-state index in [4.69, 9.17) is 0 Å². The van der Waals surface area contributed by atoms with E-state index in [0.717, 1.165) is 5.69 Å². The predicted octanol–water partition coefficient (Wildman–Crippen LogP) is 1.67. The van der Waals surface area contributed by atoms with E-state index in [9.17, 15) is 4.79 Å². The van der Waals surface area contributed by atoms with Gasteiger partial charge in [-0.05, 0) is 26.1 Å². The van der Waals surface area contributed by atoms with Crippen molar-refractivity contribution in [2.45, 2.75) is 6.92 Å². The number of aryl methyl sites for hydroxylation is 1. The second kappa shape index (κ2) is 8.71. The Hall–Kier alpha value is 0.120. The summed E-state index contributed by atoms with van der Waals surface area (Å²) in [5.74, 6) is 0. The van der Waals surface area contributed by atoms with Gasteiger partial charge in [0.05, 0.1) is 5.56 Å². The summed E-state index contributed by atoms with van der Waals surface area (Å²) in [7, 11) is 0.380. The van der Waals surface area contributed by atoms with Crippen LogP contribution in [0.15, 0.2) is 23.0 Å². The zero-order chi connectivity index (χ0) is 9.56. The van der Waals surface area contributed by atoms with Crippen LogP contribution in [0.1, 0.15) is 5.69 Å². The van der Waals surface area contributed by atoms with Gasteiger partial charge in [-0.1, -0.05) is 19.1 Å². The molecule has 2 nitrogen and oxygen atoms in total. The van der Waals surface area contributed by atoms with Crippen LogP contribution in [0.25, 0.3) is 0 Å². The fourth-order valence-electron chi connectivity index (χ4n) is 0.518.